The molecule has 1 atom stereocenters. The fourth-order valence-electron chi connectivity index (χ4n) is 1.45. The average Bonchev–Trinajstić information content (AvgIpc) is 2.35. The quantitative estimate of drug-likeness (QED) is 0.802. The second-order valence-corrected chi connectivity index (χ2v) is 5.70. The molecule has 18 heavy (non-hydrogen) atoms. The van der Waals surface area contributed by atoms with Crippen LogP contribution in [0.3, 0.4) is 0 Å². The van der Waals surface area contributed by atoms with E-state index in [0.717, 1.165) is 12.2 Å². The number of nitrogens with two attached hydrogens (primary N) is 1. The zero-order valence-electron chi connectivity index (χ0n) is 11.4. The highest BCUT2D eigenvalue weighted by atomic mass is 32.2. The van der Waals surface area contributed by atoms with Gasteiger partial charge in [-0.25, -0.2) is 0 Å². The van der Waals surface area contributed by atoms with Crippen molar-refractivity contribution in [3.63, 3.8) is 0 Å². The molecular formula is C13H21N3OS. The summed E-state index contributed by atoms with van der Waals surface area (Å²) < 4.78 is 0. The third-order valence-electron chi connectivity index (χ3n) is 2.69. The number of thioether (sulfide) groups is 1. The van der Waals surface area contributed by atoms with E-state index in [2.05, 4.69) is 18.5 Å². The van der Waals surface area contributed by atoms with E-state index in [1.807, 2.05) is 6.07 Å². The third kappa shape index (κ3) is 3.84. The van der Waals surface area contributed by atoms with Crippen molar-refractivity contribution in [2.24, 2.45) is 0 Å². The summed E-state index contributed by atoms with van der Waals surface area (Å²) in [5.74, 6) is -0.0364. The topological polar surface area (TPSA) is 58.4 Å². The average molecular weight is 267 g/mol. The predicted octanol–water partition coefficient (Wildman–Crippen LogP) is 2.13. The highest BCUT2D eigenvalue weighted by molar-refractivity contribution is 7.99. The SMILES string of the molecule is CSC(C)CNc1ccc(C(=O)N(C)C)cc1N. The molecule has 0 bridgehead atoms. The van der Waals surface area contributed by atoms with E-state index in [-0.39, 0.29) is 5.91 Å². The second kappa shape index (κ2) is 6.54. The van der Waals surface area contributed by atoms with Gasteiger partial charge in [0.2, 0.25) is 0 Å². The number of hydrogen-bond donors (Lipinski definition) is 2. The van der Waals surface area contributed by atoms with Crippen LogP contribution in [0, 0.1) is 0 Å². The molecule has 1 rings (SSSR count). The molecule has 1 aromatic carbocycles. The summed E-state index contributed by atoms with van der Waals surface area (Å²) in [7, 11) is 3.45. The van der Waals surface area contributed by atoms with Gasteiger partial charge in [0.15, 0.2) is 0 Å². The molecule has 0 aliphatic carbocycles. The Morgan fingerprint density at radius 2 is 2.17 bits per heavy atom. The molecule has 0 fully saturated rings. The first-order valence-corrected chi connectivity index (χ1v) is 7.12. The lowest BCUT2D eigenvalue weighted by Crippen LogP contribution is -2.22. The van der Waals surface area contributed by atoms with Gasteiger partial charge in [-0.1, -0.05) is 6.92 Å². The lowest BCUT2D eigenvalue weighted by Gasteiger charge is -2.15. The fourth-order valence-corrected chi connectivity index (χ4v) is 1.70. The molecule has 0 saturated carbocycles. The van der Waals surface area contributed by atoms with Gasteiger partial charge in [0.25, 0.3) is 5.91 Å². The Hall–Kier alpha value is -1.36. The van der Waals surface area contributed by atoms with Crippen LogP contribution in [0.4, 0.5) is 11.4 Å². The van der Waals surface area contributed by atoms with E-state index in [0.29, 0.717) is 16.5 Å². The van der Waals surface area contributed by atoms with Gasteiger partial charge >= 0.3 is 0 Å². The van der Waals surface area contributed by atoms with Gasteiger partial charge in [-0.2, -0.15) is 11.8 Å². The number of anilines is 2. The number of hydrogen-bond acceptors (Lipinski definition) is 4. The number of nitrogens with one attached hydrogen (secondary N) is 1. The summed E-state index contributed by atoms with van der Waals surface area (Å²) in [6.07, 6.45) is 2.08. The van der Waals surface area contributed by atoms with Gasteiger partial charge in [0, 0.05) is 31.5 Å². The molecule has 1 amide bonds. The van der Waals surface area contributed by atoms with Crippen molar-refractivity contribution in [2.45, 2.75) is 12.2 Å². The minimum atomic E-state index is -0.0364. The Kier molecular flexibility index (Phi) is 5.34. The van der Waals surface area contributed by atoms with Gasteiger partial charge in [-0.3, -0.25) is 4.79 Å². The fraction of sp³-hybridized carbons (Fsp3) is 0.462. The lowest BCUT2D eigenvalue weighted by molar-refractivity contribution is 0.0827. The van der Waals surface area contributed by atoms with E-state index < -0.39 is 0 Å². The van der Waals surface area contributed by atoms with Crippen LogP contribution in [-0.2, 0) is 0 Å². The third-order valence-corrected chi connectivity index (χ3v) is 3.66. The smallest absolute Gasteiger partial charge is 0.253 e. The standard InChI is InChI=1S/C13H21N3OS/c1-9(18-4)8-15-12-6-5-10(7-11(12)14)13(17)16(2)3/h5-7,9,15H,8,14H2,1-4H3. The molecule has 0 radical (unpaired) electrons. The zero-order chi connectivity index (χ0) is 13.7. The molecular weight excluding hydrogens is 246 g/mol. The van der Waals surface area contributed by atoms with Crippen molar-refractivity contribution in [1.82, 2.24) is 4.90 Å². The summed E-state index contributed by atoms with van der Waals surface area (Å²) in [5.41, 5.74) is 8.05. The van der Waals surface area contributed by atoms with E-state index in [9.17, 15) is 4.79 Å². The van der Waals surface area contributed by atoms with Crippen LogP contribution in [-0.4, -0.2) is 43.0 Å². The zero-order valence-corrected chi connectivity index (χ0v) is 12.2. The van der Waals surface area contributed by atoms with Gasteiger partial charge in [0.1, 0.15) is 0 Å². The van der Waals surface area contributed by atoms with Crippen LogP contribution >= 0.6 is 11.8 Å². The van der Waals surface area contributed by atoms with E-state index >= 15 is 0 Å². The Morgan fingerprint density at radius 3 is 2.67 bits per heavy atom. The first-order chi connectivity index (χ1) is 8.45. The molecule has 1 aromatic rings. The Labute approximate surface area is 113 Å². The summed E-state index contributed by atoms with van der Waals surface area (Å²) in [6, 6.07) is 5.37. The highest BCUT2D eigenvalue weighted by Gasteiger charge is 2.10. The molecule has 1 unspecified atom stereocenters. The first kappa shape index (κ1) is 14.7. The maximum atomic E-state index is 11.8. The Morgan fingerprint density at radius 1 is 1.50 bits per heavy atom. The number of rotatable bonds is 5. The Balaban J connectivity index is 2.77. The molecule has 0 aliphatic heterocycles. The Bertz CT molecular complexity index is 421. The van der Waals surface area contributed by atoms with Gasteiger partial charge in [-0.05, 0) is 24.5 Å². The van der Waals surface area contributed by atoms with Crippen molar-refractivity contribution in [3.8, 4) is 0 Å². The second-order valence-electron chi connectivity index (χ2n) is 4.43. The van der Waals surface area contributed by atoms with Crippen LogP contribution in [0.1, 0.15) is 17.3 Å². The number of amides is 1. The number of nitrogen functional groups attached to an aromatic ring is 1. The molecule has 0 aromatic heterocycles. The molecule has 4 nitrogen and oxygen atoms in total. The van der Waals surface area contributed by atoms with Crippen LogP contribution in [0.15, 0.2) is 18.2 Å². The predicted molar refractivity (Wildman–Crippen MR) is 80.3 cm³/mol. The minimum Gasteiger partial charge on any atom is -0.397 e. The van der Waals surface area contributed by atoms with Gasteiger partial charge < -0.3 is 16.0 Å². The summed E-state index contributed by atoms with van der Waals surface area (Å²) in [6.45, 7) is 3.00. The molecule has 0 heterocycles. The van der Waals surface area contributed by atoms with Crippen LogP contribution in [0.5, 0.6) is 0 Å². The van der Waals surface area contributed by atoms with E-state index in [1.165, 1.54) is 4.90 Å². The molecule has 100 valence electrons. The van der Waals surface area contributed by atoms with Gasteiger partial charge in [0.05, 0.1) is 11.4 Å². The van der Waals surface area contributed by atoms with Crippen molar-refractivity contribution in [3.05, 3.63) is 23.8 Å². The van der Waals surface area contributed by atoms with Crippen molar-refractivity contribution in [1.29, 1.82) is 0 Å². The summed E-state index contributed by atoms with van der Waals surface area (Å²) in [4.78, 5) is 13.3. The maximum Gasteiger partial charge on any atom is 0.253 e. The van der Waals surface area contributed by atoms with Crippen molar-refractivity contribution < 1.29 is 4.79 Å². The largest absolute Gasteiger partial charge is 0.397 e. The van der Waals surface area contributed by atoms with Gasteiger partial charge in [-0.15, -0.1) is 0 Å². The minimum absolute atomic E-state index is 0.0364. The first-order valence-electron chi connectivity index (χ1n) is 5.83. The number of benzene rings is 1. The summed E-state index contributed by atoms with van der Waals surface area (Å²) >= 11 is 1.80. The molecule has 0 saturated heterocycles. The van der Waals surface area contributed by atoms with Crippen molar-refractivity contribution >= 4 is 29.0 Å². The number of carbonyl (C=O) groups excluding carboxylic acids is 1. The van der Waals surface area contributed by atoms with E-state index in [1.54, 1.807) is 38.0 Å². The van der Waals surface area contributed by atoms with Crippen LogP contribution < -0.4 is 11.1 Å². The molecule has 5 heteroatoms. The van der Waals surface area contributed by atoms with E-state index in [4.69, 9.17) is 5.73 Å². The highest BCUT2D eigenvalue weighted by Crippen LogP contribution is 2.21. The van der Waals surface area contributed by atoms with Crippen molar-refractivity contribution in [2.75, 3.05) is 37.9 Å². The summed E-state index contributed by atoms with van der Waals surface area (Å²) in [5, 5.41) is 3.81. The maximum absolute atomic E-state index is 11.8. The molecule has 0 aliphatic rings. The lowest BCUT2D eigenvalue weighted by atomic mass is 10.1. The number of nitrogens with zero attached hydrogens (tertiary/aromatic N) is 1. The molecule has 0 spiro atoms. The van der Waals surface area contributed by atoms with Crippen LogP contribution in [0.2, 0.25) is 0 Å². The normalized spacial score (nSPS) is 12.0. The number of carbonyl (C=O) groups is 1. The van der Waals surface area contributed by atoms with Crippen LogP contribution in [0.25, 0.3) is 0 Å². The molecule has 3 N–H and O–H groups in total. The monoisotopic (exact) mass is 267 g/mol.